The van der Waals surface area contributed by atoms with E-state index < -0.39 is 20.0 Å². The third-order valence-electron chi connectivity index (χ3n) is 11.0. The van der Waals surface area contributed by atoms with Crippen LogP contribution < -0.4 is 5.32 Å². The summed E-state index contributed by atoms with van der Waals surface area (Å²) < 4.78 is 5.21. The van der Waals surface area contributed by atoms with E-state index in [2.05, 4.69) is 112 Å². The smallest absolute Gasteiger partial charge is 0.407 e. The molecule has 0 aromatic heterocycles. The van der Waals surface area contributed by atoms with E-state index in [0.29, 0.717) is 29.2 Å². The van der Waals surface area contributed by atoms with Crippen LogP contribution in [0.3, 0.4) is 0 Å². The number of amides is 1. The Morgan fingerprint density at radius 2 is 1.12 bits per heavy atom. The summed E-state index contributed by atoms with van der Waals surface area (Å²) in [5, 5.41) is 21.3. The average molecular weight is 858 g/mol. The van der Waals surface area contributed by atoms with Crippen LogP contribution >= 0.6 is 31.9 Å². The van der Waals surface area contributed by atoms with Crippen molar-refractivity contribution in [1.29, 1.82) is 0 Å². The minimum absolute atomic E-state index is 0.00495. The summed E-state index contributed by atoms with van der Waals surface area (Å²) in [7, 11) is -1.09. The molecule has 7 nitrogen and oxygen atoms in total. The Bertz CT molecular complexity index is 969. The number of carboxylic acid groups (broad SMARTS) is 2. The SMILES string of the molecule is CCC.CCC(Br)CBr.CCC1CC1(C)C.CCC1CC1(C)C(=O)O.CCC1CC1(C)C(=O)O.CCC1CC1(C)NC(=O)OCC[Si](C)(C)C. The number of halogens is 2. The maximum atomic E-state index is 11.5. The Balaban J connectivity index is 0. The van der Waals surface area contributed by atoms with Gasteiger partial charge in [0, 0.05) is 23.8 Å². The molecule has 0 aromatic rings. The number of hydrogen-bond acceptors (Lipinski definition) is 4. The highest BCUT2D eigenvalue weighted by Crippen LogP contribution is 2.55. The molecule has 10 heteroatoms. The monoisotopic (exact) mass is 855 g/mol. The zero-order valence-corrected chi connectivity index (χ0v) is 39.0. The summed E-state index contributed by atoms with van der Waals surface area (Å²) in [6.07, 6.45) is 11.0. The first-order valence-electron chi connectivity index (χ1n) is 19.5. The summed E-state index contributed by atoms with van der Waals surface area (Å²) in [4.78, 5) is 33.1. The molecule has 0 radical (unpaired) electrons. The Morgan fingerprint density at radius 3 is 1.28 bits per heavy atom. The fourth-order valence-electron chi connectivity index (χ4n) is 5.92. The Labute approximate surface area is 326 Å². The number of hydrogen-bond donors (Lipinski definition) is 3. The number of carbonyl (C=O) groups excluding carboxylic acids is 1. The van der Waals surface area contributed by atoms with Gasteiger partial charge in [0.1, 0.15) is 0 Å². The van der Waals surface area contributed by atoms with E-state index >= 15 is 0 Å². The second-order valence-electron chi connectivity index (χ2n) is 17.5. The molecule has 8 unspecified atom stereocenters. The standard InChI is InChI=1S/C12H25NO2Si.2C7H12O2.C7H14.C4H8Br2.C3H8/c1-6-10-9-12(10,2)13-11(14)15-7-8-16(3,4)5;2*1-3-5-4-7(5,2)6(8)9;1-4-6-5-7(6,2)3;1-2-4(6)3-5;1-3-2/h10H,6-9H2,1-5H3,(H,13,14);2*5H,3-4H2,1-2H3,(H,8,9);6H,4-5H2,1-3H3;4H,2-3H2,1H3;3H2,1-2H3. The second-order valence-corrected chi connectivity index (χ2v) is 25.1. The van der Waals surface area contributed by atoms with Crippen molar-refractivity contribution in [2.24, 2.45) is 39.9 Å². The topological polar surface area (TPSA) is 113 Å². The quantitative estimate of drug-likeness (QED) is 0.133. The van der Waals surface area contributed by atoms with Crippen LogP contribution in [0.5, 0.6) is 0 Å². The lowest BCUT2D eigenvalue weighted by atomic mass is 10.1. The lowest BCUT2D eigenvalue weighted by Crippen LogP contribution is -2.37. The number of rotatable bonds is 12. The number of aliphatic carboxylic acids is 2. The lowest BCUT2D eigenvalue weighted by Gasteiger charge is -2.17. The molecular formula is C40H79Br2NO6Si. The number of carbonyl (C=O) groups is 3. The van der Waals surface area contributed by atoms with Crippen molar-refractivity contribution in [1.82, 2.24) is 5.32 Å². The molecule has 4 aliphatic carbocycles. The van der Waals surface area contributed by atoms with Gasteiger partial charge in [0.2, 0.25) is 0 Å². The van der Waals surface area contributed by atoms with Crippen LogP contribution in [0.4, 0.5) is 4.79 Å². The zero-order chi connectivity index (χ0) is 39.7. The van der Waals surface area contributed by atoms with Gasteiger partial charge in [-0.05, 0) is 88.0 Å². The third-order valence-corrected chi connectivity index (χ3v) is 15.3. The largest absolute Gasteiger partial charge is 0.481 e. The molecule has 298 valence electrons. The number of alkyl carbamates (subject to hydrolysis) is 1. The molecule has 0 bridgehead atoms. The molecule has 0 saturated heterocycles. The van der Waals surface area contributed by atoms with E-state index in [1.165, 1.54) is 25.7 Å². The predicted octanol–water partition coefficient (Wildman–Crippen LogP) is 12.7. The summed E-state index contributed by atoms with van der Waals surface area (Å²) >= 11 is 6.76. The van der Waals surface area contributed by atoms with E-state index in [0.717, 1.165) is 61.2 Å². The number of carboxylic acids is 2. The van der Waals surface area contributed by atoms with E-state index in [-0.39, 0.29) is 22.5 Å². The van der Waals surface area contributed by atoms with Crippen LogP contribution in [0.1, 0.15) is 147 Å². The molecule has 3 N–H and O–H groups in total. The molecule has 50 heavy (non-hydrogen) atoms. The molecule has 4 rings (SSSR count). The fraction of sp³-hybridized carbons (Fsp3) is 0.925. The summed E-state index contributed by atoms with van der Waals surface area (Å²) in [6.45, 7) is 32.8. The highest BCUT2D eigenvalue weighted by atomic mass is 79.9. The van der Waals surface area contributed by atoms with Gasteiger partial charge in [-0.1, -0.05) is 146 Å². The summed E-state index contributed by atoms with van der Waals surface area (Å²) in [5.41, 5.74) is -0.0107. The van der Waals surface area contributed by atoms with E-state index in [4.69, 9.17) is 14.9 Å². The maximum absolute atomic E-state index is 11.5. The van der Waals surface area contributed by atoms with Crippen molar-refractivity contribution < 1.29 is 29.3 Å². The number of nitrogens with one attached hydrogen (secondary N) is 1. The highest BCUT2D eigenvalue weighted by molar-refractivity contribution is 9.12. The van der Waals surface area contributed by atoms with Gasteiger partial charge in [-0.15, -0.1) is 0 Å². The van der Waals surface area contributed by atoms with Crippen molar-refractivity contribution in [2.45, 2.75) is 183 Å². The van der Waals surface area contributed by atoms with Gasteiger partial charge >= 0.3 is 18.0 Å². The molecule has 4 aliphatic rings. The van der Waals surface area contributed by atoms with Crippen LogP contribution in [-0.4, -0.2) is 58.6 Å². The van der Waals surface area contributed by atoms with Crippen LogP contribution in [-0.2, 0) is 14.3 Å². The second kappa shape index (κ2) is 23.2. The van der Waals surface area contributed by atoms with Gasteiger partial charge in [0.15, 0.2) is 0 Å². The fourth-order valence-corrected chi connectivity index (χ4v) is 7.09. The van der Waals surface area contributed by atoms with Crippen molar-refractivity contribution in [3.63, 3.8) is 0 Å². The minimum atomic E-state index is -1.09. The molecule has 1 amide bonds. The first-order valence-corrected chi connectivity index (χ1v) is 25.2. The molecule has 4 fully saturated rings. The van der Waals surface area contributed by atoms with Crippen molar-refractivity contribution in [2.75, 3.05) is 11.9 Å². The summed E-state index contributed by atoms with van der Waals surface area (Å²) in [6, 6.07) is 1.04. The van der Waals surface area contributed by atoms with Gasteiger partial charge in [-0.2, -0.15) is 0 Å². The van der Waals surface area contributed by atoms with Crippen molar-refractivity contribution >= 4 is 58.0 Å². The maximum Gasteiger partial charge on any atom is 0.407 e. The van der Waals surface area contributed by atoms with Crippen LogP contribution in [0.2, 0.25) is 25.7 Å². The Hall–Kier alpha value is -0.613. The van der Waals surface area contributed by atoms with Gasteiger partial charge < -0.3 is 20.3 Å². The zero-order valence-electron chi connectivity index (χ0n) is 34.9. The van der Waals surface area contributed by atoms with Gasteiger partial charge in [-0.25, -0.2) is 4.79 Å². The van der Waals surface area contributed by atoms with Crippen LogP contribution in [0, 0.1) is 39.9 Å². The Kier molecular flexibility index (Phi) is 23.9. The van der Waals surface area contributed by atoms with Crippen molar-refractivity contribution in [3.8, 4) is 0 Å². The minimum Gasteiger partial charge on any atom is -0.481 e. The molecular weight excluding hydrogens is 778 g/mol. The van der Waals surface area contributed by atoms with E-state index in [9.17, 15) is 14.4 Å². The molecule has 0 aliphatic heterocycles. The van der Waals surface area contributed by atoms with Crippen molar-refractivity contribution in [3.05, 3.63) is 0 Å². The first kappa shape index (κ1) is 51.5. The molecule has 0 spiro atoms. The number of alkyl halides is 2. The van der Waals surface area contributed by atoms with E-state index in [1.807, 2.05) is 27.7 Å². The normalized spacial score (nSPS) is 30.8. The van der Waals surface area contributed by atoms with Gasteiger partial charge in [-0.3, -0.25) is 9.59 Å². The van der Waals surface area contributed by atoms with E-state index in [1.54, 1.807) is 0 Å². The van der Waals surface area contributed by atoms with Crippen LogP contribution in [0.25, 0.3) is 0 Å². The Morgan fingerprint density at radius 1 is 0.740 bits per heavy atom. The molecule has 0 heterocycles. The molecule has 4 saturated carbocycles. The molecule has 8 atom stereocenters. The predicted molar refractivity (Wildman–Crippen MR) is 223 cm³/mol. The third kappa shape index (κ3) is 20.0. The summed E-state index contributed by atoms with van der Waals surface area (Å²) in [5.74, 6) is 1.30. The van der Waals surface area contributed by atoms with Gasteiger partial charge in [0.05, 0.1) is 17.4 Å². The number of ether oxygens (including phenoxy) is 1. The first-order chi connectivity index (χ1) is 22.9. The van der Waals surface area contributed by atoms with Crippen LogP contribution in [0.15, 0.2) is 0 Å². The molecule has 0 aromatic carbocycles. The average Bonchev–Trinajstić information content (AvgIpc) is 3.96. The lowest BCUT2D eigenvalue weighted by molar-refractivity contribution is -0.144. The van der Waals surface area contributed by atoms with Gasteiger partial charge in [0.25, 0.3) is 0 Å². The highest BCUT2D eigenvalue weighted by Gasteiger charge is 2.55.